The van der Waals surface area contributed by atoms with E-state index in [1.807, 2.05) is 0 Å². The number of nitrogens with one attached hydrogen (secondary N) is 6. The van der Waals surface area contributed by atoms with Crippen LogP contribution < -0.4 is 40.7 Å². The number of ether oxygens (including phenoxy) is 2. The van der Waals surface area contributed by atoms with Crippen molar-refractivity contribution in [1.29, 1.82) is 0 Å². The van der Waals surface area contributed by atoms with Gasteiger partial charge < -0.3 is 30.7 Å². The first-order valence-electron chi connectivity index (χ1n) is 18.8. The fraction of sp³-hybridized carbons (Fsp3) is 0.0556. The first-order chi connectivity index (χ1) is 32.8. The Hall–Kier alpha value is -6.42. The monoisotopic (exact) mass is 1120 g/mol. The van der Waals surface area contributed by atoms with Gasteiger partial charge in [-0.2, -0.15) is 63.6 Å². The van der Waals surface area contributed by atoms with Crippen LogP contribution in [0.25, 0.3) is 0 Å². The quantitative estimate of drug-likeness (QED) is 0.0799. The maximum absolute atomic E-state index is 13.1. The highest BCUT2D eigenvalue weighted by atomic mass is 35.5. The molecular weight excluding hydrogens is 1090 g/mol. The highest BCUT2D eigenvalue weighted by Gasteiger charge is 2.49. The molecule has 2 unspecified atom stereocenters. The highest BCUT2D eigenvalue weighted by Crippen LogP contribution is 2.51. The van der Waals surface area contributed by atoms with Gasteiger partial charge in [-0.3, -0.25) is 18.2 Å². The zero-order valence-electron chi connectivity index (χ0n) is 33.8. The number of rotatable bonds is 12. The van der Waals surface area contributed by atoms with Crippen LogP contribution in [-0.2, 0) is 40.5 Å². The summed E-state index contributed by atoms with van der Waals surface area (Å²) in [5, 5.41) is 8.88. The van der Waals surface area contributed by atoms with Crippen molar-refractivity contribution < 1.29 is 71.3 Å². The second kappa shape index (κ2) is 17.8. The summed E-state index contributed by atoms with van der Waals surface area (Å²) >= 11 is 26.0. The van der Waals surface area contributed by atoms with Gasteiger partial charge >= 0.3 is 0 Å². The van der Waals surface area contributed by atoms with Crippen molar-refractivity contribution in [1.82, 2.24) is 29.9 Å². The number of halogens is 4. The van der Waals surface area contributed by atoms with Crippen LogP contribution in [0.15, 0.2) is 104 Å². The minimum absolute atomic E-state index is 0.0468. The lowest BCUT2D eigenvalue weighted by molar-refractivity contribution is -0.369. The Morgan fingerprint density at radius 1 is 0.471 bits per heavy atom. The second-order valence-corrected chi connectivity index (χ2v) is 21.3. The van der Waals surface area contributed by atoms with E-state index < -0.39 is 94.7 Å². The smallest absolute Gasteiger partial charge is 0.297 e. The van der Waals surface area contributed by atoms with Crippen molar-refractivity contribution >= 4 is 145 Å². The van der Waals surface area contributed by atoms with Crippen molar-refractivity contribution in [2.75, 3.05) is 21.3 Å². The fourth-order valence-corrected chi connectivity index (χ4v) is 10.9. The van der Waals surface area contributed by atoms with Gasteiger partial charge in [0.1, 0.15) is 19.6 Å². The largest absolute Gasteiger partial charge is 0.465 e. The van der Waals surface area contributed by atoms with Gasteiger partial charge in [-0.1, -0.05) is 47.5 Å². The third kappa shape index (κ3) is 9.58. The predicted octanol–water partition coefficient (Wildman–Crippen LogP) is 2.04. The van der Waals surface area contributed by atoms with E-state index in [2.05, 4.69) is 61.2 Å². The maximum Gasteiger partial charge on any atom is 0.297 e. The molecule has 0 saturated carbocycles. The molecule has 0 saturated heterocycles. The van der Waals surface area contributed by atoms with E-state index in [1.165, 1.54) is 60.7 Å². The van der Waals surface area contributed by atoms with E-state index in [9.17, 15) is 51.9 Å². The number of fused-ring (bicyclic) bond motifs is 4. The molecule has 26 nitrogen and oxygen atoms in total. The van der Waals surface area contributed by atoms with E-state index in [1.54, 1.807) is 0 Å². The number of hydrogen-bond acceptors (Lipinski definition) is 20. The summed E-state index contributed by atoms with van der Waals surface area (Å²) in [6, 6.07) is 10.4. The first kappa shape index (κ1) is 48.6. The number of benzene rings is 3. The van der Waals surface area contributed by atoms with E-state index in [4.69, 9.17) is 55.9 Å². The molecular formula is C36H24Cl4N12O14S4+2. The van der Waals surface area contributed by atoms with Crippen molar-refractivity contribution in [2.24, 2.45) is 0 Å². The molecule has 2 atom stereocenters. The fourth-order valence-electron chi connectivity index (χ4n) is 7.06. The molecule has 2 aromatic heterocycles. The summed E-state index contributed by atoms with van der Waals surface area (Å²) in [6.45, 7) is 0. The lowest BCUT2D eigenvalue weighted by atomic mass is 10.0. The molecule has 34 heteroatoms. The molecule has 5 aromatic rings. The molecule has 362 valence electrons. The van der Waals surface area contributed by atoms with Gasteiger partial charge in [0.25, 0.3) is 51.8 Å². The molecule has 10 N–H and O–H groups in total. The van der Waals surface area contributed by atoms with Crippen LogP contribution in [0, 0.1) is 0 Å². The van der Waals surface area contributed by atoms with Crippen LogP contribution in [0.5, 0.6) is 11.5 Å². The summed E-state index contributed by atoms with van der Waals surface area (Å²) in [7, 11) is -19.8. The average molecular weight is 1120 g/mol. The van der Waals surface area contributed by atoms with E-state index in [0.29, 0.717) is 0 Å². The van der Waals surface area contributed by atoms with Gasteiger partial charge in [-0.05, 0) is 59.6 Å². The Labute approximate surface area is 413 Å². The molecule has 9 rings (SSSR count). The topological polar surface area (TPSA) is 389 Å². The van der Waals surface area contributed by atoms with E-state index >= 15 is 0 Å². The van der Waals surface area contributed by atoms with Crippen LogP contribution in [0.1, 0.15) is 0 Å². The van der Waals surface area contributed by atoms with Gasteiger partial charge in [0.15, 0.2) is 10.0 Å². The van der Waals surface area contributed by atoms with Crippen molar-refractivity contribution in [3.8, 4) is 11.5 Å². The number of anilines is 6. The highest BCUT2D eigenvalue weighted by molar-refractivity contribution is 7.90. The predicted molar refractivity (Wildman–Crippen MR) is 248 cm³/mol. The SMILES string of the molecule is O=S(=O)(O)C1=C(Nc2nc(Cl)nc(Nc3ccccc3S(=O)(=O)O)n2)C=CC2=[NH+]c3c(Cl)c4c(c(Cl)c3OC21)[NH+]=C1C=CC(Nc2nc(Cl)nc(Nc3ccccc3S(=O)(=O)O)n2)=C(S(=O)(=O)O)C1O4. The summed E-state index contributed by atoms with van der Waals surface area (Å²) < 4.78 is 153. The second-order valence-electron chi connectivity index (χ2n) is 14.3. The summed E-state index contributed by atoms with van der Waals surface area (Å²) in [5.41, 5.74) is -1.37. The minimum atomic E-state index is -5.20. The van der Waals surface area contributed by atoms with Crippen LogP contribution in [0.4, 0.5) is 46.5 Å². The first-order valence-corrected chi connectivity index (χ1v) is 26.1. The van der Waals surface area contributed by atoms with Crippen molar-refractivity contribution in [3.63, 3.8) is 0 Å². The number of nitrogens with zero attached hydrogens (tertiary/aromatic N) is 6. The van der Waals surface area contributed by atoms with Crippen LogP contribution >= 0.6 is 46.4 Å². The Morgan fingerprint density at radius 2 is 0.814 bits per heavy atom. The Balaban J connectivity index is 1.03. The molecule has 4 heterocycles. The van der Waals surface area contributed by atoms with Gasteiger partial charge in [0.05, 0.1) is 22.8 Å². The lowest BCUT2D eigenvalue weighted by Crippen LogP contribution is -2.74. The average Bonchev–Trinajstić information content (AvgIpc) is 3.25. The van der Waals surface area contributed by atoms with Gasteiger partial charge in [-0.25, -0.2) is 9.98 Å². The molecule has 0 spiro atoms. The summed E-state index contributed by atoms with van der Waals surface area (Å²) in [5.74, 6) is -2.13. The Bertz CT molecular complexity index is 3570. The lowest BCUT2D eigenvalue weighted by Gasteiger charge is -2.29. The van der Waals surface area contributed by atoms with E-state index in [0.717, 1.165) is 12.1 Å². The Morgan fingerprint density at radius 3 is 1.16 bits per heavy atom. The maximum atomic E-state index is 13.1. The third-order valence-electron chi connectivity index (χ3n) is 9.82. The molecule has 0 bridgehead atoms. The molecule has 4 aliphatic rings. The number of allylic oxidation sites excluding steroid dienone is 2. The van der Waals surface area contributed by atoms with Gasteiger partial charge in [0, 0.05) is 12.2 Å². The molecule has 2 aliphatic carbocycles. The molecule has 70 heavy (non-hydrogen) atoms. The van der Waals surface area contributed by atoms with Crippen LogP contribution in [-0.4, -0.2) is 105 Å². The third-order valence-corrected chi connectivity index (χ3v) is 14.7. The zero-order valence-corrected chi connectivity index (χ0v) is 40.1. The molecule has 0 fully saturated rings. The number of para-hydroxylation sites is 2. The minimum Gasteiger partial charge on any atom is -0.465 e. The van der Waals surface area contributed by atoms with Crippen LogP contribution in [0.3, 0.4) is 0 Å². The Kier molecular flexibility index (Phi) is 12.3. The normalized spacial score (nSPS) is 17.5. The van der Waals surface area contributed by atoms with Crippen molar-refractivity contribution in [3.05, 3.63) is 115 Å². The van der Waals surface area contributed by atoms with Crippen molar-refractivity contribution in [2.45, 2.75) is 22.0 Å². The molecule has 2 aliphatic heterocycles. The number of hydrogen-bond donors (Lipinski definition) is 10. The summed E-state index contributed by atoms with van der Waals surface area (Å²) in [4.78, 5) is 27.0. The molecule has 3 aromatic carbocycles. The van der Waals surface area contributed by atoms with E-state index in [-0.39, 0.29) is 79.0 Å². The van der Waals surface area contributed by atoms with Gasteiger partial charge in [0.2, 0.25) is 69.5 Å². The standard InChI is InChI=1S/C36H22Cl4N12O14S4/c37-21-24-28(66-26-16(42-24)10-12-18(30(26)70(62,63)64)46-36-50-32(40)48-34(52-36)44-14-6-2-4-8-20(14)68(56,57)58)22(38)23-27(21)65-25-15(41-23)9-11-17(29(25)69(59,60)61)45-35-49-31(39)47-33(51-35)43-13-5-1-3-7-19(13)67(53,54)55/h1-12,25-26H,(H,53,54,55)(H,56,57,58)(H,59,60,61)(H,62,63,64)(H2,43,45,47,49,51)(H2,44,46,48,50,52)/p+2. The van der Waals surface area contributed by atoms with Gasteiger partial charge in [-0.15, -0.1) is 0 Å². The zero-order chi connectivity index (χ0) is 50.2. The molecule has 0 radical (unpaired) electrons. The number of aromatic nitrogens is 6. The summed E-state index contributed by atoms with van der Waals surface area (Å²) in [6.07, 6.45) is 1.61. The van der Waals surface area contributed by atoms with Crippen LogP contribution in [0.2, 0.25) is 20.6 Å². The molecule has 0 amide bonds.